The Hall–Kier alpha value is -0.110. The summed E-state index contributed by atoms with van der Waals surface area (Å²) in [6.45, 7) is 2.22. The minimum atomic E-state index is 0. The predicted octanol–water partition coefficient (Wildman–Crippen LogP) is 1.62. The first-order valence-corrected chi connectivity index (χ1v) is 6.43. The number of ketones is 1. The smallest absolute Gasteiger partial charge is 0.294 e. The van der Waals surface area contributed by atoms with E-state index in [4.69, 9.17) is 0 Å². The zero-order valence-corrected chi connectivity index (χ0v) is 13.2. The second kappa shape index (κ2) is 11.0. The van der Waals surface area contributed by atoms with Crippen LogP contribution >= 0.6 is 0 Å². The van der Waals surface area contributed by atoms with Gasteiger partial charge in [-0.15, -0.1) is 0 Å². The Kier molecular flexibility index (Phi) is 10.9. The van der Waals surface area contributed by atoms with Crippen molar-refractivity contribution in [1.82, 2.24) is 0 Å². The molecule has 0 saturated carbocycles. The van der Waals surface area contributed by atoms with Crippen molar-refractivity contribution < 1.29 is 34.4 Å². The summed E-state index contributed by atoms with van der Waals surface area (Å²) in [6, 6.07) is 9.60. The zero-order valence-electron chi connectivity index (χ0n) is 11.2. The molecule has 0 radical (unpaired) electrons. The molecule has 0 bridgehead atoms. The number of hydrogen-bond acceptors (Lipinski definition) is 1. The van der Waals surface area contributed by atoms with Crippen molar-refractivity contribution in [2.45, 2.75) is 51.9 Å². The number of carbonyl (C=O) groups excluding carboxylic acids is 1. The van der Waals surface area contributed by atoms with Crippen molar-refractivity contribution in [1.29, 1.82) is 0 Å². The molecule has 0 aliphatic carbocycles. The van der Waals surface area contributed by atoms with Gasteiger partial charge in [0.25, 0.3) is 0 Å². The maximum absolute atomic E-state index is 11.7. The van der Waals surface area contributed by atoms with Crippen LogP contribution in [0.2, 0.25) is 0 Å². The summed E-state index contributed by atoms with van der Waals surface area (Å²) >= 11 is 0. The third-order valence-electron chi connectivity index (χ3n) is 2.85. The van der Waals surface area contributed by atoms with E-state index in [1.807, 2.05) is 30.3 Å². The van der Waals surface area contributed by atoms with E-state index < -0.39 is 0 Å². The second-order valence-corrected chi connectivity index (χ2v) is 4.31. The Morgan fingerprint density at radius 3 is 2.18 bits per heavy atom. The summed E-state index contributed by atoms with van der Waals surface area (Å²) in [6.07, 6.45) is 8.13. The predicted molar refractivity (Wildman–Crippen MR) is 68.8 cm³/mol. The van der Waals surface area contributed by atoms with Gasteiger partial charge in [-0.05, 0) is 6.42 Å². The number of rotatable bonds is 8. The van der Waals surface area contributed by atoms with Crippen LogP contribution < -0.4 is 29.6 Å². The summed E-state index contributed by atoms with van der Waals surface area (Å²) in [5.74, 6) is 0.288. The van der Waals surface area contributed by atoms with Crippen LogP contribution in [-0.4, -0.2) is 5.78 Å². The molecule has 0 unspecified atom stereocenters. The van der Waals surface area contributed by atoms with E-state index in [1.165, 1.54) is 32.1 Å². The monoisotopic (exact) mass is 241 g/mol. The maximum atomic E-state index is 11.7. The molecule has 0 saturated heterocycles. The molecule has 0 atom stereocenters. The quantitative estimate of drug-likeness (QED) is 0.384. The number of benzene rings is 1. The molecule has 1 aromatic rings. The molecule has 88 valence electrons. The number of carbonyl (C=O) groups is 1. The van der Waals surface area contributed by atoms with Gasteiger partial charge in [-0.3, -0.25) is 4.79 Å². The Bertz CT molecular complexity index is 295. The van der Waals surface area contributed by atoms with Crippen LogP contribution in [0.15, 0.2) is 30.3 Å². The summed E-state index contributed by atoms with van der Waals surface area (Å²) < 4.78 is 0. The molecular weight excluding hydrogens is 219 g/mol. The van der Waals surface area contributed by atoms with Crippen LogP contribution in [0, 0.1) is 0 Å². The fourth-order valence-corrected chi connectivity index (χ4v) is 1.83. The number of hydrogen-bond donors (Lipinski definition) is 0. The van der Waals surface area contributed by atoms with Gasteiger partial charge in [-0.2, -0.15) is 0 Å². The van der Waals surface area contributed by atoms with Crippen molar-refractivity contribution in [3.63, 3.8) is 0 Å². The molecule has 0 fully saturated rings. The molecule has 1 aromatic carbocycles. The SMILES string of the molecule is CCCCCCCCC(=O)c1ccccc1.[Na+]. The molecule has 0 spiro atoms. The van der Waals surface area contributed by atoms with Crippen LogP contribution in [0.4, 0.5) is 0 Å². The minimum Gasteiger partial charge on any atom is -0.294 e. The van der Waals surface area contributed by atoms with Gasteiger partial charge in [-0.1, -0.05) is 69.4 Å². The van der Waals surface area contributed by atoms with Crippen molar-refractivity contribution in [3.05, 3.63) is 35.9 Å². The first-order chi connectivity index (χ1) is 7.84. The van der Waals surface area contributed by atoms with Gasteiger partial charge < -0.3 is 0 Å². The number of Topliss-reactive ketones (excluding diaryl/α,β-unsaturated/α-hetero) is 1. The summed E-state index contributed by atoms with van der Waals surface area (Å²) in [7, 11) is 0. The van der Waals surface area contributed by atoms with E-state index in [0.717, 1.165) is 12.0 Å². The minimum absolute atomic E-state index is 0. The van der Waals surface area contributed by atoms with Crippen molar-refractivity contribution >= 4 is 5.78 Å². The van der Waals surface area contributed by atoms with Crippen LogP contribution in [0.3, 0.4) is 0 Å². The van der Waals surface area contributed by atoms with Crippen LogP contribution in [0.1, 0.15) is 62.2 Å². The molecule has 1 nitrogen and oxygen atoms in total. The van der Waals surface area contributed by atoms with Crippen LogP contribution in [0.25, 0.3) is 0 Å². The van der Waals surface area contributed by atoms with Crippen molar-refractivity contribution in [2.75, 3.05) is 0 Å². The summed E-state index contributed by atoms with van der Waals surface area (Å²) in [5, 5.41) is 0. The van der Waals surface area contributed by atoms with Crippen LogP contribution in [-0.2, 0) is 0 Å². The topological polar surface area (TPSA) is 17.1 Å². The molecule has 0 aliphatic heterocycles. The molecule has 0 N–H and O–H groups in total. The molecule has 0 heterocycles. The first kappa shape index (κ1) is 16.9. The first-order valence-electron chi connectivity index (χ1n) is 6.43. The van der Waals surface area contributed by atoms with E-state index in [2.05, 4.69) is 6.92 Å². The Balaban J connectivity index is 0.00000256. The molecule has 0 amide bonds. The van der Waals surface area contributed by atoms with Gasteiger partial charge in [0.15, 0.2) is 5.78 Å². The molecule has 0 aromatic heterocycles. The van der Waals surface area contributed by atoms with Crippen LogP contribution in [0.5, 0.6) is 0 Å². The average Bonchev–Trinajstić information content (AvgIpc) is 2.34. The maximum Gasteiger partial charge on any atom is 1.00 e. The number of unbranched alkanes of at least 4 members (excludes halogenated alkanes) is 5. The Morgan fingerprint density at radius 2 is 1.53 bits per heavy atom. The zero-order chi connectivity index (χ0) is 11.6. The van der Waals surface area contributed by atoms with E-state index in [0.29, 0.717) is 6.42 Å². The Labute approximate surface area is 127 Å². The molecule has 2 heteroatoms. The third kappa shape index (κ3) is 7.75. The fourth-order valence-electron chi connectivity index (χ4n) is 1.83. The van der Waals surface area contributed by atoms with Crippen molar-refractivity contribution in [3.8, 4) is 0 Å². The van der Waals surface area contributed by atoms with Gasteiger partial charge in [0.1, 0.15) is 0 Å². The van der Waals surface area contributed by atoms with E-state index in [9.17, 15) is 4.79 Å². The van der Waals surface area contributed by atoms with Gasteiger partial charge in [0, 0.05) is 12.0 Å². The molecule has 1 rings (SSSR count). The largest absolute Gasteiger partial charge is 1.00 e. The fraction of sp³-hybridized carbons (Fsp3) is 0.533. The standard InChI is InChI=1S/C15H22O.Na/c1-2-3-4-5-6-10-13-15(16)14-11-8-7-9-12-14;/h7-9,11-12H,2-6,10,13H2,1H3;/q;+1. The summed E-state index contributed by atoms with van der Waals surface area (Å²) in [4.78, 5) is 11.7. The molecule has 17 heavy (non-hydrogen) atoms. The summed E-state index contributed by atoms with van der Waals surface area (Å²) in [5.41, 5.74) is 0.857. The van der Waals surface area contributed by atoms with Gasteiger partial charge in [-0.25, -0.2) is 0 Å². The second-order valence-electron chi connectivity index (χ2n) is 4.31. The van der Waals surface area contributed by atoms with Gasteiger partial charge in [0.05, 0.1) is 0 Å². The van der Waals surface area contributed by atoms with Crippen molar-refractivity contribution in [2.24, 2.45) is 0 Å². The van der Waals surface area contributed by atoms with Gasteiger partial charge in [0.2, 0.25) is 0 Å². The molecule has 0 aliphatic rings. The average molecular weight is 241 g/mol. The van der Waals surface area contributed by atoms with E-state index in [1.54, 1.807) is 0 Å². The van der Waals surface area contributed by atoms with Gasteiger partial charge >= 0.3 is 29.6 Å². The third-order valence-corrected chi connectivity index (χ3v) is 2.85. The normalized spacial score (nSPS) is 9.71. The molecular formula is C15H22NaO+. The van der Waals surface area contributed by atoms with E-state index in [-0.39, 0.29) is 35.3 Å². The Morgan fingerprint density at radius 1 is 0.941 bits per heavy atom. The van der Waals surface area contributed by atoms with E-state index >= 15 is 0 Å².